The van der Waals surface area contributed by atoms with E-state index in [-0.39, 0.29) is 5.41 Å². The van der Waals surface area contributed by atoms with Gasteiger partial charge in [0, 0.05) is 31.9 Å². The van der Waals surface area contributed by atoms with Crippen LogP contribution >= 0.6 is 0 Å². The summed E-state index contributed by atoms with van der Waals surface area (Å²) in [6, 6.07) is 9.13. The summed E-state index contributed by atoms with van der Waals surface area (Å²) in [7, 11) is 4.10. The van der Waals surface area contributed by atoms with Crippen LogP contribution in [0.4, 0.5) is 0 Å². The lowest BCUT2D eigenvalue weighted by atomic mass is 9.81. The van der Waals surface area contributed by atoms with Gasteiger partial charge >= 0.3 is 0 Å². The second-order valence-electron chi connectivity index (χ2n) is 6.67. The molecular weight excluding hydrogens is 258 g/mol. The van der Waals surface area contributed by atoms with Crippen molar-refractivity contribution < 1.29 is 0 Å². The fourth-order valence-corrected chi connectivity index (χ4v) is 2.85. The first kappa shape index (κ1) is 15.8. The molecule has 1 atom stereocenters. The van der Waals surface area contributed by atoms with Gasteiger partial charge in [-0.15, -0.1) is 0 Å². The summed E-state index contributed by atoms with van der Waals surface area (Å²) in [5, 5.41) is 3.48. The van der Waals surface area contributed by atoms with Crippen molar-refractivity contribution >= 4 is 0 Å². The summed E-state index contributed by atoms with van der Waals surface area (Å²) in [6.45, 7) is 6.83. The highest BCUT2D eigenvalue weighted by atomic mass is 15.0. The summed E-state index contributed by atoms with van der Waals surface area (Å²) in [6.07, 6.45) is 5.90. The average molecular weight is 285 g/mol. The molecule has 0 saturated heterocycles. The topological polar surface area (TPSA) is 29.9 Å². The lowest BCUT2D eigenvalue weighted by molar-refractivity contribution is 0.509. The number of nitrogens with one attached hydrogen (secondary N) is 1. The molecule has 1 heterocycles. The SMILES string of the molecule is CNC(CCc1nccn1C)c1ccccc1C(C)(C)C. The molecule has 0 aliphatic rings. The molecular formula is C18H27N3. The Balaban J connectivity index is 2.20. The van der Waals surface area contributed by atoms with Crippen molar-refractivity contribution in [2.45, 2.75) is 45.1 Å². The Morgan fingerprint density at radius 3 is 2.52 bits per heavy atom. The van der Waals surface area contributed by atoms with E-state index in [9.17, 15) is 0 Å². The standard InChI is InChI=1S/C18H27N3/c1-18(2,3)15-9-7-6-8-14(15)16(19-4)10-11-17-20-12-13-21(17)5/h6-9,12-13,16,19H,10-11H2,1-5H3. The minimum absolute atomic E-state index is 0.162. The van der Waals surface area contributed by atoms with Gasteiger partial charge in [-0.1, -0.05) is 45.0 Å². The van der Waals surface area contributed by atoms with Gasteiger partial charge in [-0.05, 0) is 30.0 Å². The minimum Gasteiger partial charge on any atom is -0.338 e. The molecule has 3 nitrogen and oxygen atoms in total. The van der Waals surface area contributed by atoms with Crippen LogP contribution in [-0.4, -0.2) is 16.6 Å². The molecule has 114 valence electrons. The van der Waals surface area contributed by atoms with Crippen LogP contribution in [0.5, 0.6) is 0 Å². The van der Waals surface area contributed by atoms with Crippen molar-refractivity contribution in [1.82, 2.24) is 14.9 Å². The van der Waals surface area contributed by atoms with Crippen molar-refractivity contribution in [2.75, 3.05) is 7.05 Å². The maximum atomic E-state index is 4.42. The quantitative estimate of drug-likeness (QED) is 0.909. The Hall–Kier alpha value is -1.61. The zero-order chi connectivity index (χ0) is 15.5. The fourth-order valence-electron chi connectivity index (χ4n) is 2.85. The lowest BCUT2D eigenvalue weighted by Gasteiger charge is -2.27. The zero-order valence-electron chi connectivity index (χ0n) is 13.9. The molecule has 0 amide bonds. The first-order valence-electron chi connectivity index (χ1n) is 7.66. The van der Waals surface area contributed by atoms with Gasteiger partial charge in [-0.3, -0.25) is 0 Å². The Kier molecular flexibility index (Phi) is 4.84. The van der Waals surface area contributed by atoms with Gasteiger partial charge < -0.3 is 9.88 Å². The average Bonchev–Trinajstić information content (AvgIpc) is 2.84. The molecule has 0 fully saturated rings. The molecule has 0 spiro atoms. The smallest absolute Gasteiger partial charge is 0.108 e. The minimum atomic E-state index is 0.162. The van der Waals surface area contributed by atoms with Crippen LogP contribution in [0.25, 0.3) is 0 Å². The molecule has 1 unspecified atom stereocenters. The van der Waals surface area contributed by atoms with Gasteiger partial charge in [0.05, 0.1) is 0 Å². The van der Waals surface area contributed by atoms with E-state index < -0.39 is 0 Å². The van der Waals surface area contributed by atoms with Crippen LogP contribution in [-0.2, 0) is 18.9 Å². The monoisotopic (exact) mass is 285 g/mol. The van der Waals surface area contributed by atoms with Crippen molar-refractivity contribution in [1.29, 1.82) is 0 Å². The molecule has 2 aromatic rings. The van der Waals surface area contributed by atoms with Crippen molar-refractivity contribution in [3.63, 3.8) is 0 Å². The first-order chi connectivity index (χ1) is 9.93. The fraction of sp³-hybridized carbons (Fsp3) is 0.500. The molecule has 0 saturated carbocycles. The van der Waals surface area contributed by atoms with Gasteiger partial charge in [0.15, 0.2) is 0 Å². The number of hydrogen-bond donors (Lipinski definition) is 1. The molecule has 1 N–H and O–H groups in total. The van der Waals surface area contributed by atoms with E-state index >= 15 is 0 Å². The van der Waals surface area contributed by atoms with Crippen molar-refractivity contribution in [2.24, 2.45) is 7.05 Å². The number of aromatic nitrogens is 2. The molecule has 0 aliphatic heterocycles. The highest BCUT2D eigenvalue weighted by Crippen LogP contribution is 2.31. The predicted molar refractivity (Wildman–Crippen MR) is 88.5 cm³/mol. The number of benzene rings is 1. The van der Waals surface area contributed by atoms with E-state index in [4.69, 9.17) is 0 Å². The number of hydrogen-bond acceptors (Lipinski definition) is 2. The Bertz CT molecular complexity index is 578. The van der Waals surface area contributed by atoms with Gasteiger partial charge in [0.2, 0.25) is 0 Å². The molecule has 2 rings (SSSR count). The van der Waals surface area contributed by atoms with Crippen LogP contribution in [0.3, 0.4) is 0 Å². The summed E-state index contributed by atoms with van der Waals surface area (Å²) in [5.41, 5.74) is 2.99. The van der Waals surface area contributed by atoms with Crippen molar-refractivity contribution in [3.05, 3.63) is 53.6 Å². The molecule has 1 aromatic carbocycles. The summed E-state index contributed by atoms with van der Waals surface area (Å²) < 4.78 is 2.10. The van der Waals surface area contributed by atoms with Crippen molar-refractivity contribution in [3.8, 4) is 0 Å². The second kappa shape index (κ2) is 6.44. The van der Waals surface area contributed by atoms with E-state index in [0.29, 0.717) is 6.04 Å². The van der Waals surface area contributed by atoms with Crippen LogP contribution in [0.2, 0.25) is 0 Å². The van der Waals surface area contributed by atoms with Gasteiger partial charge in [0.1, 0.15) is 5.82 Å². The Morgan fingerprint density at radius 2 is 1.95 bits per heavy atom. The summed E-state index contributed by atoms with van der Waals surface area (Å²) >= 11 is 0. The second-order valence-corrected chi connectivity index (χ2v) is 6.67. The highest BCUT2D eigenvalue weighted by molar-refractivity contribution is 5.35. The Labute approximate surface area is 128 Å². The highest BCUT2D eigenvalue weighted by Gasteiger charge is 2.21. The molecule has 21 heavy (non-hydrogen) atoms. The van der Waals surface area contributed by atoms with Gasteiger partial charge in [-0.25, -0.2) is 4.98 Å². The van der Waals surface area contributed by atoms with E-state index in [0.717, 1.165) is 18.7 Å². The zero-order valence-corrected chi connectivity index (χ0v) is 13.9. The Morgan fingerprint density at radius 1 is 1.24 bits per heavy atom. The molecule has 3 heteroatoms. The number of rotatable bonds is 5. The number of nitrogens with zero attached hydrogens (tertiary/aromatic N) is 2. The third-order valence-corrected chi connectivity index (χ3v) is 4.07. The van der Waals surface area contributed by atoms with Gasteiger partial charge in [-0.2, -0.15) is 0 Å². The maximum Gasteiger partial charge on any atom is 0.108 e. The maximum absolute atomic E-state index is 4.42. The van der Waals surface area contributed by atoms with E-state index in [1.165, 1.54) is 11.1 Å². The third kappa shape index (κ3) is 3.73. The van der Waals surface area contributed by atoms with Gasteiger partial charge in [0.25, 0.3) is 0 Å². The largest absolute Gasteiger partial charge is 0.338 e. The molecule has 1 aromatic heterocycles. The normalized spacial score (nSPS) is 13.4. The molecule has 0 aliphatic carbocycles. The predicted octanol–water partition coefficient (Wildman–Crippen LogP) is 3.61. The lowest BCUT2D eigenvalue weighted by Crippen LogP contribution is -2.23. The number of aryl methyl sites for hydroxylation is 2. The van der Waals surface area contributed by atoms with E-state index in [1.807, 2.05) is 19.4 Å². The van der Waals surface area contributed by atoms with Crippen LogP contribution in [0.1, 0.15) is 50.2 Å². The number of imidazole rings is 1. The van der Waals surface area contributed by atoms with E-state index in [2.05, 4.69) is 67.0 Å². The van der Waals surface area contributed by atoms with E-state index in [1.54, 1.807) is 0 Å². The molecule has 0 radical (unpaired) electrons. The third-order valence-electron chi connectivity index (χ3n) is 4.07. The van der Waals surface area contributed by atoms with Crippen LogP contribution < -0.4 is 5.32 Å². The summed E-state index contributed by atoms with van der Waals surface area (Å²) in [5.74, 6) is 1.14. The first-order valence-corrected chi connectivity index (χ1v) is 7.66. The molecule has 0 bridgehead atoms. The van der Waals surface area contributed by atoms with Crippen LogP contribution in [0.15, 0.2) is 36.7 Å². The van der Waals surface area contributed by atoms with Crippen LogP contribution in [0, 0.1) is 0 Å². The summed E-state index contributed by atoms with van der Waals surface area (Å²) in [4.78, 5) is 4.42.